The molecule has 130 valence electrons. The summed E-state index contributed by atoms with van der Waals surface area (Å²) in [4.78, 5) is 0. The number of benzene rings is 2. The summed E-state index contributed by atoms with van der Waals surface area (Å²) in [5.41, 5.74) is 4.42. The van der Waals surface area contributed by atoms with E-state index in [2.05, 4.69) is 58.2 Å². The average Bonchev–Trinajstić information content (AvgIpc) is 3.32. The van der Waals surface area contributed by atoms with Gasteiger partial charge in [0, 0.05) is 22.0 Å². The smallest absolute Gasteiger partial charge is 0.213 e. The summed E-state index contributed by atoms with van der Waals surface area (Å²) in [5, 5.41) is 6.94. The van der Waals surface area contributed by atoms with Gasteiger partial charge in [0.05, 0.1) is 12.3 Å². The molecule has 5 rings (SSSR count). The highest BCUT2D eigenvalue weighted by Gasteiger charge is 2.41. The number of halogens is 1. The quantitative estimate of drug-likeness (QED) is 0.554. The first-order valence-electron chi connectivity index (χ1n) is 8.61. The van der Waals surface area contributed by atoms with Crippen LogP contribution in [-0.4, -0.2) is 10.7 Å². The van der Waals surface area contributed by atoms with Crippen LogP contribution in [0.4, 0.5) is 0 Å². The minimum Gasteiger partial charge on any atom is -0.464 e. The van der Waals surface area contributed by atoms with E-state index in [1.165, 1.54) is 5.56 Å². The highest BCUT2D eigenvalue weighted by molar-refractivity contribution is 9.10. The minimum atomic E-state index is -0.248. The zero-order valence-corrected chi connectivity index (χ0v) is 15.8. The van der Waals surface area contributed by atoms with Gasteiger partial charge in [-0.1, -0.05) is 45.8 Å². The summed E-state index contributed by atoms with van der Waals surface area (Å²) in [7, 11) is 0. The first-order chi connectivity index (χ1) is 12.7. The summed E-state index contributed by atoms with van der Waals surface area (Å²) in [5.74, 6) is 1.73. The van der Waals surface area contributed by atoms with E-state index in [1.807, 2.05) is 24.3 Å². The zero-order chi connectivity index (χ0) is 17.7. The number of hydrogen-bond donors (Lipinski definition) is 0. The number of hydrogen-bond acceptors (Lipinski definition) is 4. The van der Waals surface area contributed by atoms with E-state index < -0.39 is 0 Å². The molecule has 2 atom stereocenters. The van der Waals surface area contributed by atoms with Crippen LogP contribution in [0.3, 0.4) is 0 Å². The maximum absolute atomic E-state index is 6.36. The van der Waals surface area contributed by atoms with Crippen molar-refractivity contribution < 1.29 is 9.15 Å². The summed E-state index contributed by atoms with van der Waals surface area (Å²) in [6.07, 6.45) is 2.23. The number of rotatable bonds is 2. The summed E-state index contributed by atoms with van der Waals surface area (Å²) in [6, 6.07) is 18.6. The molecule has 0 radical (unpaired) electrons. The highest BCUT2D eigenvalue weighted by Crippen LogP contribution is 2.48. The molecule has 3 aromatic rings. The van der Waals surface area contributed by atoms with Crippen molar-refractivity contribution >= 4 is 21.6 Å². The number of hydrazone groups is 1. The van der Waals surface area contributed by atoms with Gasteiger partial charge in [-0.25, -0.2) is 5.01 Å². The fraction of sp³-hybridized carbons (Fsp3) is 0.190. The highest BCUT2D eigenvalue weighted by atomic mass is 79.9. The molecule has 2 unspecified atom stereocenters. The lowest BCUT2D eigenvalue weighted by Crippen LogP contribution is -2.33. The first-order valence-corrected chi connectivity index (χ1v) is 9.41. The molecule has 0 aliphatic carbocycles. The number of ether oxygens (including phenoxy) is 1. The van der Waals surface area contributed by atoms with Crippen molar-refractivity contribution in [1.82, 2.24) is 5.01 Å². The lowest BCUT2D eigenvalue weighted by molar-refractivity contribution is -0.0190. The van der Waals surface area contributed by atoms with Gasteiger partial charge in [0.25, 0.3) is 0 Å². The Labute approximate surface area is 160 Å². The maximum atomic E-state index is 6.36. The Morgan fingerprint density at radius 1 is 1.12 bits per heavy atom. The monoisotopic (exact) mass is 408 g/mol. The average molecular weight is 409 g/mol. The molecule has 4 nitrogen and oxygen atoms in total. The Kier molecular flexibility index (Phi) is 3.64. The van der Waals surface area contributed by atoms with Crippen molar-refractivity contribution in [2.45, 2.75) is 25.6 Å². The largest absolute Gasteiger partial charge is 0.464 e. The summed E-state index contributed by atoms with van der Waals surface area (Å²) >= 11 is 3.58. The van der Waals surface area contributed by atoms with Crippen molar-refractivity contribution in [2.75, 3.05) is 0 Å². The van der Waals surface area contributed by atoms with E-state index in [9.17, 15) is 0 Å². The van der Waals surface area contributed by atoms with Crippen molar-refractivity contribution in [3.8, 4) is 5.75 Å². The lowest BCUT2D eigenvalue weighted by Gasteiger charge is -2.38. The second kappa shape index (κ2) is 6.02. The van der Waals surface area contributed by atoms with Gasteiger partial charge in [0.2, 0.25) is 6.23 Å². The SMILES string of the molecule is Cc1ccc(C2Oc3ccc(Br)cc3C3CC(c4ccco4)=NN32)cc1. The van der Waals surface area contributed by atoms with Gasteiger partial charge < -0.3 is 9.15 Å². The standard InChI is InChI=1S/C21H17BrN2O2/c1-13-4-6-14(7-5-13)21-24-18(12-17(23-24)20-3-2-10-25-20)16-11-15(22)8-9-19(16)26-21/h2-11,18,21H,12H2,1H3. The first kappa shape index (κ1) is 15.7. The Balaban J connectivity index is 1.61. The second-order valence-electron chi connectivity index (χ2n) is 6.69. The molecule has 26 heavy (non-hydrogen) atoms. The summed E-state index contributed by atoms with van der Waals surface area (Å²) in [6.45, 7) is 2.09. The van der Waals surface area contributed by atoms with E-state index in [4.69, 9.17) is 14.3 Å². The van der Waals surface area contributed by atoms with Crippen LogP contribution >= 0.6 is 15.9 Å². The predicted octanol–water partition coefficient (Wildman–Crippen LogP) is 5.59. The third kappa shape index (κ3) is 2.54. The molecule has 0 amide bonds. The van der Waals surface area contributed by atoms with Gasteiger partial charge in [0.15, 0.2) is 0 Å². The number of furan rings is 1. The topological polar surface area (TPSA) is 38.0 Å². The molecular weight excluding hydrogens is 392 g/mol. The van der Waals surface area contributed by atoms with E-state index in [0.717, 1.165) is 39.2 Å². The lowest BCUT2D eigenvalue weighted by atomic mass is 9.97. The molecule has 0 saturated heterocycles. The van der Waals surface area contributed by atoms with E-state index in [1.54, 1.807) is 6.26 Å². The van der Waals surface area contributed by atoms with Crippen molar-refractivity contribution in [2.24, 2.45) is 5.10 Å². The fourth-order valence-corrected chi connectivity index (χ4v) is 3.98. The van der Waals surface area contributed by atoms with Gasteiger partial charge in [-0.2, -0.15) is 5.10 Å². The van der Waals surface area contributed by atoms with E-state index >= 15 is 0 Å². The van der Waals surface area contributed by atoms with Crippen molar-refractivity contribution in [1.29, 1.82) is 0 Å². The number of nitrogens with zero attached hydrogens (tertiary/aromatic N) is 2. The van der Waals surface area contributed by atoms with Crippen LogP contribution in [0, 0.1) is 6.92 Å². The molecular formula is C21H17BrN2O2. The Hall–Kier alpha value is -2.53. The van der Waals surface area contributed by atoms with Gasteiger partial charge in [-0.05, 0) is 37.3 Å². The Bertz CT molecular complexity index is 980. The third-order valence-corrected chi connectivity index (χ3v) is 5.41. The molecule has 2 aliphatic heterocycles. The molecule has 0 bridgehead atoms. The third-order valence-electron chi connectivity index (χ3n) is 4.92. The van der Waals surface area contributed by atoms with Crippen molar-refractivity contribution in [3.05, 3.63) is 87.8 Å². The van der Waals surface area contributed by atoms with Crippen LogP contribution in [0.15, 0.2) is 74.9 Å². The maximum Gasteiger partial charge on any atom is 0.213 e. The predicted molar refractivity (Wildman–Crippen MR) is 103 cm³/mol. The zero-order valence-electron chi connectivity index (χ0n) is 14.2. The molecule has 0 spiro atoms. The van der Waals surface area contributed by atoms with Crippen LogP contribution in [0.25, 0.3) is 0 Å². The second-order valence-corrected chi connectivity index (χ2v) is 7.60. The Morgan fingerprint density at radius 3 is 2.73 bits per heavy atom. The molecule has 2 aliphatic rings. The molecule has 0 fully saturated rings. The van der Waals surface area contributed by atoms with Gasteiger partial charge in [0.1, 0.15) is 17.2 Å². The Morgan fingerprint density at radius 2 is 1.96 bits per heavy atom. The van der Waals surface area contributed by atoms with E-state index in [0.29, 0.717) is 0 Å². The van der Waals surface area contributed by atoms with Crippen LogP contribution in [0.2, 0.25) is 0 Å². The van der Waals surface area contributed by atoms with Gasteiger partial charge >= 0.3 is 0 Å². The van der Waals surface area contributed by atoms with Crippen LogP contribution in [0.5, 0.6) is 5.75 Å². The van der Waals surface area contributed by atoms with Crippen LogP contribution in [-0.2, 0) is 0 Å². The van der Waals surface area contributed by atoms with Crippen LogP contribution in [0.1, 0.15) is 41.1 Å². The van der Waals surface area contributed by atoms with Gasteiger partial charge in [-0.3, -0.25) is 0 Å². The molecule has 2 aromatic carbocycles. The number of fused-ring (bicyclic) bond motifs is 3. The van der Waals surface area contributed by atoms with Crippen LogP contribution < -0.4 is 4.74 Å². The molecule has 3 heterocycles. The molecule has 1 aromatic heterocycles. The fourth-order valence-electron chi connectivity index (χ4n) is 3.60. The normalized spacial score (nSPS) is 21.0. The minimum absolute atomic E-state index is 0.127. The number of aryl methyl sites for hydroxylation is 1. The molecule has 0 N–H and O–H groups in total. The van der Waals surface area contributed by atoms with Gasteiger partial charge in [-0.15, -0.1) is 0 Å². The van der Waals surface area contributed by atoms with Crippen molar-refractivity contribution in [3.63, 3.8) is 0 Å². The summed E-state index contributed by atoms with van der Waals surface area (Å²) < 4.78 is 13.0. The van der Waals surface area contributed by atoms with E-state index in [-0.39, 0.29) is 12.3 Å². The molecule has 5 heteroatoms. The molecule has 0 saturated carbocycles.